The smallest absolute Gasteiger partial charge is 0.245 e. The van der Waals surface area contributed by atoms with Gasteiger partial charge >= 0.3 is 0 Å². The second kappa shape index (κ2) is 11.1. The summed E-state index contributed by atoms with van der Waals surface area (Å²) in [7, 11) is 0. The third-order valence-electron chi connectivity index (χ3n) is 9.24. The molecule has 1 atom stereocenters. The number of rotatable bonds is 6. The van der Waals surface area contributed by atoms with Gasteiger partial charge in [-0.15, -0.1) is 0 Å². The van der Waals surface area contributed by atoms with Crippen molar-refractivity contribution >= 4 is 50.4 Å². The molecule has 1 aliphatic rings. The predicted octanol–water partition coefficient (Wildman–Crippen LogP) is 8.72. The van der Waals surface area contributed by atoms with Crippen LogP contribution in [0.4, 0.5) is 11.6 Å². The van der Waals surface area contributed by atoms with Gasteiger partial charge in [-0.2, -0.15) is 0 Å². The molecule has 3 aromatic heterocycles. The fourth-order valence-electron chi connectivity index (χ4n) is 7.14. The van der Waals surface area contributed by atoms with Gasteiger partial charge in [0.05, 0.1) is 16.6 Å². The maximum atomic E-state index is 4.80. The van der Waals surface area contributed by atoms with Gasteiger partial charge in [0.15, 0.2) is 0 Å². The maximum absolute atomic E-state index is 4.80. The lowest BCUT2D eigenvalue weighted by atomic mass is 9.98. The normalized spacial score (nSPS) is 13.1. The number of hydrogen-bond donors (Lipinski definition) is 3. The summed E-state index contributed by atoms with van der Waals surface area (Å²) < 4.78 is 4.59. The molecule has 226 valence electrons. The molecule has 4 heterocycles. The molecule has 0 bridgehead atoms. The van der Waals surface area contributed by atoms with Crippen molar-refractivity contribution in [2.75, 3.05) is 17.2 Å². The van der Waals surface area contributed by atoms with Crippen LogP contribution >= 0.6 is 0 Å². The Kier molecular flexibility index (Phi) is 6.40. The highest BCUT2D eigenvalue weighted by molar-refractivity contribution is 6.10. The summed E-state index contributed by atoms with van der Waals surface area (Å²) in [6, 6.07) is 47.4. The highest BCUT2D eigenvalue weighted by Gasteiger charge is 2.23. The molecule has 1 aliphatic heterocycles. The van der Waals surface area contributed by atoms with E-state index in [0.29, 0.717) is 0 Å². The third-order valence-corrected chi connectivity index (χ3v) is 9.24. The van der Waals surface area contributed by atoms with Gasteiger partial charge in [-0.1, -0.05) is 91.0 Å². The van der Waals surface area contributed by atoms with Crippen LogP contribution in [0.5, 0.6) is 0 Å². The summed E-state index contributed by atoms with van der Waals surface area (Å²) in [5, 5.41) is 10.9. The summed E-state index contributed by atoms with van der Waals surface area (Å²) in [5.74, 6) is 1.87. The quantitative estimate of drug-likeness (QED) is 0.165. The van der Waals surface area contributed by atoms with Gasteiger partial charge < -0.3 is 20.9 Å². The molecular formula is C41H33N6+. The number of hydrogen-bond acceptors (Lipinski definition) is 3. The molecule has 6 heteroatoms. The minimum atomic E-state index is -0.288. The van der Waals surface area contributed by atoms with Crippen LogP contribution in [0.15, 0.2) is 146 Å². The Morgan fingerprint density at radius 3 is 2.30 bits per heavy atom. The zero-order valence-corrected chi connectivity index (χ0v) is 25.8. The van der Waals surface area contributed by atoms with E-state index in [9.17, 15) is 0 Å². The Balaban J connectivity index is 1.10. The van der Waals surface area contributed by atoms with E-state index in [0.717, 1.165) is 46.1 Å². The minimum absolute atomic E-state index is 0.288. The summed E-state index contributed by atoms with van der Waals surface area (Å²) in [4.78, 5) is 4.80. The SMILES string of the molecule is [NH3+]C(Nc1ncccc1-c1cccc(-c2ccc3c(c2)c2ccccc2n3-c2ccccc2)c1)n1c2c(c3ccccc31)C=CCN2. The molecule has 0 aliphatic carbocycles. The molecule has 0 fully saturated rings. The lowest BCUT2D eigenvalue weighted by molar-refractivity contribution is -0.438. The number of nitrogens with zero attached hydrogens (tertiary/aromatic N) is 3. The second-order valence-corrected chi connectivity index (χ2v) is 12.0. The Morgan fingerprint density at radius 1 is 0.660 bits per heavy atom. The zero-order chi connectivity index (χ0) is 31.3. The molecule has 6 nitrogen and oxygen atoms in total. The van der Waals surface area contributed by atoms with Gasteiger partial charge in [-0.3, -0.25) is 4.57 Å². The summed E-state index contributed by atoms with van der Waals surface area (Å²) in [6.07, 6.45) is 5.91. The van der Waals surface area contributed by atoms with Crippen LogP contribution in [-0.2, 0) is 0 Å². The zero-order valence-electron chi connectivity index (χ0n) is 25.8. The van der Waals surface area contributed by atoms with E-state index in [1.807, 2.05) is 12.3 Å². The number of nitrogens with one attached hydrogen (secondary N) is 2. The Bertz CT molecular complexity index is 2470. The maximum Gasteiger partial charge on any atom is 0.245 e. The number of aromatic nitrogens is 3. The van der Waals surface area contributed by atoms with Gasteiger partial charge in [0.25, 0.3) is 0 Å². The number of pyridine rings is 1. The highest BCUT2D eigenvalue weighted by Crippen LogP contribution is 2.38. The van der Waals surface area contributed by atoms with Crippen molar-refractivity contribution in [3.63, 3.8) is 0 Å². The molecule has 9 rings (SSSR count). The predicted molar refractivity (Wildman–Crippen MR) is 194 cm³/mol. The van der Waals surface area contributed by atoms with E-state index in [-0.39, 0.29) is 6.29 Å². The number of anilines is 2. The summed E-state index contributed by atoms with van der Waals surface area (Å²) in [5.41, 5.74) is 14.9. The second-order valence-electron chi connectivity index (χ2n) is 12.0. The number of quaternary nitrogens is 1. The first-order valence-electron chi connectivity index (χ1n) is 16.0. The Labute approximate surface area is 272 Å². The standard InChI is InChI=1S/C41H32N6/c42-41(47-37-20-7-4-15-32(37)34-18-10-24-44-40(34)47)45-39-31(17-9-23-43-39)29-12-8-11-27(25-29)28-21-22-38-35(26-28)33-16-5-6-19-36(33)46(38)30-13-2-1-3-14-30/h1-23,25-26,41,44H,24,42H2,(H,43,45)/p+1. The molecule has 0 amide bonds. The molecule has 5 N–H and O–H groups in total. The topological polar surface area (TPSA) is 74.5 Å². The van der Waals surface area contributed by atoms with Crippen LogP contribution in [0.3, 0.4) is 0 Å². The first kappa shape index (κ1) is 27.2. The van der Waals surface area contributed by atoms with Crippen molar-refractivity contribution in [2.45, 2.75) is 6.29 Å². The molecule has 0 spiro atoms. The summed E-state index contributed by atoms with van der Waals surface area (Å²) in [6.45, 7) is 0.788. The molecule has 0 radical (unpaired) electrons. The number of para-hydroxylation sites is 3. The van der Waals surface area contributed by atoms with Crippen LogP contribution in [0.2, 0.25) is 0 Å². The van der Waals surface area contributed by atoms with Crippen molar-refractivity contribution in [3.8, 4) is 27.9 Å². The van der Waals surface area contributed by atoms with E-state index in [1.54, 1.807) is 0 Å². The van der Waals surface area contributed by atoms with Crippen molar-refractivity contribution in [1.29, 1.82) is 0 Å². The van der Waals surface area contributed by atoms with Crippen molar-refractivity contribution in [1.82, 2.24) is 14.1 Å². The fourth-order valence-corrected chi connectivity index (χ4v) is 7.14. The molecular weight excluding hydrogens is 576 g/mol. The van der Waals surface area contributed by atoms with Crippen molar-refractivity contribution in [2.24, 2.45) is 0 Å². The van der Waals surface area contributed by atoms with Crippen molar-refractivity contribution < 1.29 is 5.73 Å². The van der Waals surface area contributed by atoms with Gasteiger partial charge in [-0.05, 0) is 71.3 Å². The molecule has 0 saturated carbocycles. The first-order valence-corrected chi connectivity index (χ1v) is 16.0. The largest absolute Gasteiger partial charge is 0.367 e. The van der Waals surface area contributed by atoms with Gasteiger partial charge in [0.1, 0.15) is 11.6 Å². The van der Waals surface area contributed by atoms with Gasteiger partial charge in [0, 0.05) is 45.7 Å². The van der Waals surface area contributed by atoms with Crippen LogP contribution < -0.4 is 16.4 Å². The van der Waals surface area contributed by atoms with Gasteiger partial charge in [0.2, 0.25) is 6.29 Å². The van der Waals surface area contributed by atoms with E-state index >= 15 is 0 Å². The van der Waals surface area contributed by atoms with E-state index < -0.39 is 0 Å². The highest BCUT2D eigenvalue weighted by atomic mass is 15.3. The van der Waals surface area contributed by atoms with Crippen LogP contribution in [-0.4, -0.2) is 20.7 Å². The average Bonchev–Trinajstić information content (AvgIpc) is 3.65. The fraction of sp³-hybridized carbons (Fsp3) is 0.0488. The lowest BCUT2D eigenvalue weighted by Crippen LogP contribution is -2.60. The first-order chi connectivity index (χ1) is 23.2. The van der Waals surface area contributed by atoms with Gasteiger partial charge in [-0.25, -0.2) is 4.98 Å². The van der Waals surface area contributed by atoms with Crippen LogP contribution in [0.1, 0.15) is 11.9 Å². The van der Waals surface area contributed by atoms with E-state index in [4.69, 9.17) is 4.98 Å². The average molecular weight is 610 g/mol. The Hall–Kier alpha value is -6.11. The van der Waals surface area contributed by atoms with Crippen LogP contribution in [0, 0.1) is 0 Å². The van der Waals surface area contributed by atoms with Crippen LogP contribution in [0.25, 0.3) is 66.7 Å². The Morgan fingerprint density at radius 2 is 1.40 bits per heavy atom. The minimum Gasteiger partial charge on any atom is -0.367 e. The number of fused-ring (bicyclic) bond motifs is 6. The lowest BCUT2D eigenvalue weighted by Gasteiger charge is -2.21. The molecule has 5 aromatic carbocycles. The summed E-state index contributed by atoms with van der Waals surface area (Å²) >= 11 is 0. The van der Waals surface area contributed by atoms with Crippen molar-refractivity contribution in [3.05, 3.63) is 151 Å². The third kappa shape index (κ3) is 4.49. The molecule has 47 heavy (non-hydrogen) atoms. The number of benzene rings is 5. The van der Waals surface area contributed by atoms with E-state index in [2.05, 4.69) is 165 Å². The molecule has 1 unspecified atom stereocenters. The van der Waals surface area contributed by atoms with E-state index in [1.165, 1.54) is 38.3 Å². The monoisotopic (exact) mass is 609 g/mol. The molecule has 0 saturated heterocycles. The molecule has 8 aromatic rings.